The number of benzene rings is 2. The van der Waals surface area contributed by atoms with Crippen molar-refractivity contribution in [1.82, 2.24) is 10.9 Å². The molecule has 2 aromatic rings. The van der Waals surface area contributed by atoms with Gasteiger partial charge in [0, 0.05) is 6.42 Å². The third kappa shape index (κ3) is 6.95. The highest BCUT2D eigenvalue weighted by Crippen LogP contribution is 2.14. The van der Waals surface area contributed by atoms with Gasteiger partial charge < -0.3 is 9.47 Å². The number of carbonyl (C=O) groups is 2. The van der Waals surface area contributed by atoms with Gasteiger partial charge in [0.05, 0.1) is 7.11 Å². The van der Waals surface area contributed by atoms with Gasteiger partial charge in [0.15, 0.2) is 0 Å². The van der Waals surface area contributed by atoms with E-state index < -0.39 is 6.09 Å². The molecule has 25 heavy (non-hydrogen) atoms. The molecule has 0 radical (unpaired) electrons. The fraction of sp³-hybridized carbons (Fsp3) is 0.263. The van der Waals surface area contributed by atoms with E-state index in [9.17, 15) is 9.59 Å². The Hall–Kier alpha value is -3.02. The van der Waals surface area contributed by atoms with E-state index in [0.29, 0.717) is 12.2 Å². The number of carbonyl (C=O) groups excluding carboxylic acids is 2. The van der Waals surface area contributed by atoms with E-state index >= 15 is 0 Å². The van der Waals surface area contributed by atoms with Crippen molar-refractivity contribution >= 4 is 12.0 Å². The SMILES string of the molecule is COc1cccc(CCCCC(=O)NNC(=O)Oc2ccccc2)c1. The second-order valence-corrected chi connectivity index (χ2v) is 5.43. The summed E-state index contributed by atoms with van der Waals surface area (Å²) in [5.41, 5.74) is 5.73. The van der Waals surface area contributed by atoms with Crippen LogP contribution in [0.25, 0.3) is 0 Å². The molecule has 0 aliphatic carbocycles. The van der Waals surface area contributed by atoms with Gasteiger partial charge in [-0.3, -0.25) is 10.2 Å². The second-order valence-electron chi connectivity index (χ2n) is 5.43. The molecule has 0 saturated heterocycles. The van der Waals surface area contributed by atoms with Crippen molar-refractivity contribution in [1.29, 1.82) is 0 Å². The van der Waals surface area contributed by atoms with Crippen LogP contribution in [0, 0.1) is 0 Å². The minimum absolute atomic E-state index is 0.254. The van der Waals surface area contributed by atoms with Gasteiger partial charge in [-0.1, -0.05) is 30.3 Å². The Balaban J connectivity index is 1.60. The van der Waals surface area contributed by atoms with Crippen LogP contribution in [0.4, 0.5) is 4.79 Å². The fourth-order valence-electron chi connectivity index (χ4n) is 2.25. The zero-order valence-corrected chi connectivity index (χ0v) is 14.2. The molecule has 2 N–H and O–H groups in total. The molecule has 0 unspecified atom stereocenters. The summed E-state index contributed by atoms with van der Waals surface area (Å²) in [6, 6.07) is 16.5. The molecule has 2 rings (SSSR count). The molecule has 0 aliphatic heterocycles. The lowest BCUT2D eigenvalue weighted by Gasteiger charge is -2.08. The molecule has 0 spiro atoms. The van der Waals surface area contributed by atoms with Gasteiger partial charge in [-0.15, -0.1) is 0 Å². The van der Waals surface area contributed by atoms with Crippen LogP contribution in [0.2, 0.25) is 0 Å². The van der Waals surface area contributed by atoms with Crippen molar-refractivity contribution < 1.29 is 19.1 Å². The summed E-state index contributed by atoms with van der Waals surface area (Å²) in [5, 5.41) is 0. The normalized spacial score (nSPS) is 9.96. The zero-order chi connectivity index (χ0) is 17.9. The van der Waals surface area contributed by atoms with E-state index in [1.807, 2.05) is 30.3 Å². The summed E-state index contributed by atoms with van der Waals surface area (Å²) in [4.78, 5) is 23.2. The maximum atomic E-state index is 11.7. The van der Waals surface area contributed by atoms with Gasteiger partial charge in [0.1, 0.15) is 11.5 Å². The highest BCUT2D eigenvalue weighted by Gasteiger charge is 2.06. The monoisotopic (exact) mass is 342 g/mol. The van der Waals surface area contributed by atoms with Crippen molar-refractivity contribution in [3.8, 4) is 11.5 Å². The predicted molar refractivity (Wildman–Crippen MR) is 94.3 cm³/mol. The quantitative estimate of drug-likeness (QED) is 0.598. The van der Waals surface area contributed by atoms with E-state index in [4.69, 9.17) is 9.47 Å². The lowest BCUT2D eigenvalue weighted by molar-refractivity contribution is -0.122. The van der Waals surface area contributed by atoms with Crippen LogP contribution in [0.1, 0.15) is 24.8 Å². The van der Waals surface area contributed by atoms with E-state index in [2.05, 4.69) is 10.9 Å². The smallest absolute Gasteiger partial charge is 0.431 e. The molecule has 0 fully saturated rings. The number of para-hydroxylation sites is 1. The van der Waals surface area contributed by atoms with Gasteiger partial charge in [-0.25, -0.2) is 10.2 Å². The largest absolute Gasteiger partial charge is 0.497 e. The zero-order valence-electron chi connectivity index (χ0n) is 14.2. The van der Waals surface area contributed by atoms with E-state index in [-0.39, 0.29) is 5.91 Å². The van der Waals surface area contributed by atoms with Crippen LogP contribution in [-0.2, 0) is 11.2 Å². The van der Waals surface area contributed by atoms with Gasteiger partial charge >= 0.3 is 6.09 Å². The van der Waals surface area contributed by atoms with Gasteiger partial charge in [-0.05, 0) is 49.1 Å². The van der Waals surface area contributed by atoms with Crippen LogP contribution in [0.5, 0.6) is 11.5 Å². The molecule has 0 aliphatic rings. The highest BCUT2D eigenvalue weighted by molar-refractivity contribution is 5.79. The number of aryl methyl sites for hydroxylation is 1. The topological polar surface area (TPSA) is 76.7 Å². The number of hydrogen-bond acceptors (Lipinski definition) is 4. The number of amides is 2. The lowest BCUT2D eigenvalue weighted by atomic mass is 10.1. The number of unbranched alkanes of at least 4 members (excludes halogenated alkanes) is 1. The fourth-order valence-corrected chi connectivity index (χ4v) is 2.25. The van der Waals surface area contributed by atoms with Crippen LogP contribution in [-0.4, -0.2) is 19.1 Å². The van der Waals surface area contributed by atoms with Crippen LogP contribution >= 0.6 is 0 Å². The summed E-state index contributed by atoms with van der Waals surface area (Å²) in [5.74, 6) is 0.986. The molecule has 132 valence electrons. The van der Waals surface area contributed by atoms with E-state index in [0.717, 1.165) is 25.0 Å². The Morgan fingerprint density at radius 2 is 1.68 bits per heavy atom. The number of ether oxygens (including phenoxy) is 2. The molecule has 0 atom stereocenters. The second kappa shape index (κ2) is 9.97. The number of hydrogen-bond donors (Lipinski definition) is 2. The Kier molecular flexibility index (Phi) is 7.31. The maximum absolute atomic E-state index is 11.7. The first-order valence-electron chi connectivity index (χ1n) is 8.12. The standard InChI is InChI=1S/C19H22N2O4/c1-24-17-12-7-9-15(14-17)8-5-6-13-18(22)20-21-19(23)25-16-10-3-2-4-11-16/h2-4,7,9-12,14H,5-6,8,13H2,1H3,(H,20,22)(H,21,23). The maximum Gasteiger partial charge on any atom is 0.431 e. The number of methoxy groups -OCH3 is 1. The van der Waals surface area contributed by atoms with Crippen LogP contribution in [0.15, 0.2) is 54.6 Å². The molecule has 6 heteroatoms. The third-order valence-electron chi connectivity index (χ3n) is 3.51. The Morgan fingerprint density at radius 3 is 2.44 bits per heavy atom. The summed E-state index contributed by atoms with van der Waals surface area (Å²) in [6.07, 6.45) is 2.06. The molecule has 0 bridgehead atoms. The van der Waals surface area contributed by atoms with Crippen molar-refractivity contribution in [3.05, 3.63) is 60.2 Å². The average Bonchev–Trinajstić information content (AvgIpc) is 2.64. The molecular weight excluding hydrogens is 320 g/mol. The predicted octanol–water partition coefficient (Wildman–Crippen LogP) is 3.23. The lowest BCUT2D eigenvalue weighted by Crippen LogP contribution is -2.43. The van der Waals surface area contributed by atoms with Crippen molar-refractivity contribution in [3.63, 3.8) is 0 Å². The molecule has 2 amide bonds. The first kappa shape index (κ1) is 18.3. The van der Waals surface area contributed by atoms with Crippen molar-refractivity contribution in [2.24, 2.45) is 0 Å². The molecule has 2 aromatic carbocycles. The number of nitrogens with one attached hydrogen (secondary N) is 2. The number of rotatable bonds is 7. The molecule has 0 heterocycles. The third-order valence-corrected chi connectivity index (χ3v) is 3.51. The molecule has 6 nitrogen and oxygen atoms in total. The van der Waals surface area contributed by atoms with E-state index in [1.165, 1.54) is 5.56 Å². The first-order valence-corrected chi connectivity index (χ1v) is 8.12. The van der Waals surface area contributed by atoms with Gasteiger partial charge in [0.25, 0.3) is 0 Å². The Labute approximate surface area is 147 Å². The Bertz CT molecular complexity index is 689. The highest BCUT2D eigenvalue weighted by atomic mass is 16.6. The number of hydrazine groups is 1. The average molecular weight is 342 g/mol. The minimum Gasteiger partial charge on any atom is -0.497 e. The van der Waals surface area contributed by atoms with E-state index in [1.54, 1.807) is 31.4 Å². The molecular formula is C19H22N2O4. The van der Waals surface area contributed by atoms with Crippen molar-refractivity contribution in [2.75, 3.05) is 7.11 Å². The Morgan fingerprint density at radius 1 is 0.920 bits per heavy atom. The van der Waals surface area contributed by atoms with Crippen LogP contribution < -0.4 is 20.3 Å². The van der Waals surface area contributed by atoms with Crippen LogP contribution in [0.3, 0.4) is 0 Å². The molecule has 0 aromatic heterocycles. The first-order chi connectivity index (χ1) is 12.2. The van der Waals surface area contributed by atoms with Crippen molar-refractivity contribution in [2.45, 2.75) is 25.7 Å². The molecule has 0 saturated carbocycles. The van der Waals surface area contributed by atoms with Gasteiger partial charge in [-0.2, -0.15) is 0 Å². The summed E-state index contributed by atoms with van der Waals surface area (Å²) in [6.45, 7) is 0. The summed E-state index contributed by atoms with van der Waals surface area (Å²) >= 11 is 0. The van der Waals surface area contributed by atoms with Gasteiger partial charge in [0.2, 0.25) is 5.91 Å². The summed E-state index contributed by atoms with van der Waals surface area (Å²) < 4.78 is 10.2. The minimum atomic E-state index is -0.726. The summed E-state index contributed by atoms with van der Waals surface area (Å²) in [7, 11) is 1.64.